The van der Waals surface area contributed by atoms with Gasteiger partial charge in [-0.2, -0.15) is 0 Å². The lowest BCUT2D eigenvalue weighted by molar-refractivity contribution is 0.663. The van der Waals surface area contributed by atoms with Crippen LogP contribution in [0.25, 0.3) is 16.7 Å². The van der Waals surface area contributed by atoms with Crippen LogP contribution >= 0.6 is 0 Å². The van der Waals surface area contributed by atoms with Gasteiger partial charge < -0.3 is 4.90 Å². The van der Waals surface area contributed by atoms with Crippen molar-refractivity contribution in [3.63, 3.8) is 0 Å². The zero-order valence-corrected chi connectivity index (χ0v) is 19.5. The normalized spacial score (nSPS) is 15.5. The molecule has 0 heterocycles. The van der Waals surface area contributed by atoms with Crippen molar-refractivity contribution in [2.75, 3.05) is 4.90 Å². The van der Waals surface area contributed by atoms with Crippen molar-refractivity contribution < 1.29 is 0 Å². The number of para-hydroxylation sites is 1. The lowest BCUT2D eigenvalue weighted by Gasteiger charge is -2.28. The second kappa shape index (κ2) is 8.26. The Bertz CT molecular complexity index is 1330. The Labute approximate surface area is 197 Å². The van der Waals surface area contributed by atoms with E-state index in [1.807, 2.05) is 0 Å². The van der Waals surface area contributed by atoms with E-state index in [0.717, 1.165) is 11.4 Å². The summed E-state index contributed by atoms with van der Waals surface area (Å²) in [6.45, 7) is 11.1. The van der Waals surface area contributed by atoms with Gasteiger partial charge in [-0.3, -0.25) is 0 Å². The molecule has 1 heteroatoms. The lowest BCUT2D eigenvalue weighted by Crippen LogP contribution is -2.15. The number of nitrogens with zero attached hydrogens (tertiary/aromatic N) is 1. The van der Waals surface area contributed by atoms with E-state index in [4.69, 9.17) is 0 Å². The molecule has 0 radical (unpaired) electrons. The molecule has 4 aromatic carbocycles. The van der Waals surface area contributed by atoms with Crippen molar-refractivity contribution in [1.29, 1.82) is 0 Å². The average Bonchev–Trinajstić information content (AvgIpc) is 3.06. The molecule has 0 aromatic heterocycles. The molecular weight excluding hydrogens is 398 g/mol. The summed E-state index contributed by atoms with van der Waals surface area (Å²) >= 11 is 0. The Kier molecular flexibility index (Phi) is 5.26. The molecule has 4 aromatic rings. The number of anilines is 3. The number of allylic oxidation sites excluding steroid dienone is 3. The van der Waals surface area contributed by atoms with Crippen LogP contribution < -0.4 is 4.90 Å². The van der Waals surface area contributed by atoms with Crippen LogP contribution in [0.15, 0.2) is 121 Å². The minimum Gasteiger partial charge on any atom is -0.310 e. The second-order valence-electron chi connectivity index (χ2n) is 9.09. The molecule has 0 atom stereocenters. The number of fused-ring (bicyclic) bond motifs is 1. The van der Waals surface area contributed by atoms with Crippen molar-refractivity contribution in [1.82, 2.24) is 0 Å². The van der Waals surface area contributed by atoms with Gasteiger partial charge in [0.15, 0.2) is 0 Å². The molecule has 0 aliphatic heterocycles. The summed E-state index contributed by atoms with van der Waals surface area (Å²) in [5.74, 6) is 0. The Hall–Kier alpha value is -3.84. The third-order valence-electron chi connectivity index (χ3n) is 6.84. The van der Waals surface area contributed by atoms with Crippen LogP contribution in [-0.4, -0.2) is 0 Å². The fourth-order valence-electron chi connectivity index (χ4n) is 4.94. The molecular formula is C32H29N. The first-order chi connectivity index (χ1) is 16.0. The maximum absolute atomic E-state index is 4.48. The van der Waals surface area contributed by atoms with E-state index in [9.17, 15) is 0 Å². The van der Waals surface area contributed by atoms with Crippen LogP contribution in [0.4, 0.5) is 17.1 Å². The van der Waals surface area contributed by atoms with Crippen molar-refractivity contribution in [2.45, 2.75) is 26.2 Å². The van der Waals surface area contributed by atoms with Crippen LogP contribution in [-0.2, 0) is 5.41 Å². The molecule has 33 heavy (non-hydrogen) atoms. The van der Waals surface area contributed by atoms with Gasteiger partial charge in [0.25, 0.3) is 0 Å². The highest BCUT2D eigenvalue weighted by atomic mass is 15.1. The summed E-state index contributed by atoms with van der Waals surface area (Å²) in [4.78, 5) is 2.37. The van der Waals surface area contributed by atoms with E-state index >= 15 is 0 Å². The smallest absolute Gasteiger partial charge is 0.0543 e. The minimum atomic E-state index is -0.0906. The zero-order valence-electron chi connectivity index (χ0n) is 19.5. The number of rotatable bonds is 4. The quantitative estimate of drug-likeness (QED) is 0.314. The number of hydrogen-bond donors (Lipinski definition) is 0. The maximum atomic E-state index is 4.48. The van der Waals surface area contributed by atoms with Crippen molar-refractivity contribution in [2.24, 2.45) is 0 Å². The number of benzene rings is 4. The molecule has 5 rings (SSSR count). The second-order valence-corrected chi connectivity index (χ2v) is 9.09. The monoisotopic (exact) mass is 427 g/mol. The zero-order chi connectivity index (χ0) is 23.0. The molecule has 1 aliphatic rings. The molecule has 162 valence electrons. The molecule has 0 spiro atoms. The summed E-state index contributed by atoms with van der Waals surface area (Å²) < 4.78 is 0. The fraction of sp³-hybridized carbons (Fsp3) is 0.125. The van der Waals surface area contributed by atoms with Gasteiger partial charge in [0.1, 0.15) is 0 Å². The van der Waals surface area contributed by atoms with Crippen LogP contribution in [0.3, 0.4) is 0 Å². The van der Waals surface area contributed by atoms with Gasteiger partial charge in [-0.15, -0.1) is 0 Å². The molecule has 0 fully saturated rings. The summed E-state index contributed by atoms with van der Waals surface area (Å²) in [5.41, 5.74) is 10.9. The number of hydrogen-bond acceptors (Lipinski definition) is 1. The third-order valence-corrected chi connectivity index (χ3v) is 6.84. The third kappa shape index (κ3) is 3.50. The molecule has 0 amide bonds. The summed E-state index contributed by atoms with van der Waals surface area (Å²) in [5, 5.41) is 0. The first-order valence-electron chi connectivity index (χ1n) is 11.5. The lowest BCUT2D eigenvalue weighted by atomic mass is 9.83. The van der Waals surface area contributed by atoms with E-state index in [0.29, 0.717) is 0 Å². The summed E-state index contributed by atoms with van der Waals surface area (Å²) in [6.07, 6.45) is 2.21. The van der Waals surface area contributed by atoms with E-state index in [1.165, 1.54) is 39.1 Å². The van der Waals surface area contributed by atoms with E-state index < -0.39 is 0 Å². The molecule has 1 aliphatic carbocycles. The largest absolute Gasteiger partial charge is 0.310 e. The molecule has 0 bridgehead atoms. The highest BCUT2D eigenvalue weighted by Gasteiger charge is 2.39. The van der Waals surface area contributed by atoms with Crippen LogP contribution in [0.5, 0.6) is 0 Å². The first kappa shape index (κ1) is 21.0. The predicted molar refractivity (Wildman–Crippen MR) is 142 cm³/mol. The fourth-order valence-corrected chi connectivity index (χ4v) is 4.94. The average molecular weight is 428 g/mol. The van der Waals surface area contributed by atoms with Gasteiger partial charge in [-0.05, 0) is 65.1 Å². The Balaban J connectivity index is 1.70. The summed E-state index contributed by atoms with van der Waals surface area (Å²) in [6, 6.07) is 36.7. The van der Waals surface area contributed by atoms with Crippen LogP contribution in [0, 0.1) is 0 Å². The Morgan fingerprint density at radius 1 is 0.667 bits per heavy atom. The van der Waals surface area contributed by atoms with E-state index in [-0.39, 0.29) is 5.41 Å². The van der Waals surface area contributed by atoms with Crippen molar-refractivity contribution in [3.05, 3.63) is 132 Å². The molecule has 0 unspecified atom stereocenters. The Morgan fingerprint density at radius 2 is 1.24 bits per heavy atom. The van der Waals surface area contributed by atoms with Gasteiger partial charge in [0.05, 0.1) is 5.69 Å². The molecule has 1 nitrogen and oxygen atoms in total. The molecule has 0 saturated heterocycles. The summed E-state index contributed by atoms with van der Waals surface area (Å²) in [7, 11) is 0. The molecule has 0 saturated carbocycles. The van der Waals surface area contributed by atoms with Gasteiger partial charge in [0.2, 0.25) is 0 Å². The minimum absolute atomic E-state index is 0.0906. The van der Waals surface area contributed by atoms with E-state index in [2.05, 4.69) is 141 Å². The SMILES string of the molecule is C=C1/C(=C\C)c2c(N(c3ccccc3)c3ccc(-c4ccccc4)cc3)cccc2C1(C)C. The topological polar surface area (TPSA) is 3.24 Å². The van der Waals surface area contributed by atoms with Crippen molar-refractivity contribution >= 4 is 22.6 Å². The standard InChI is InChI=1S/C32H29N/c1-5-28-23(2)32(3,4)29-17-12-18-30(31(28)29)33(26-15-10-7-11-16-26)27-21-19-25(20-22-27)24-13-8-6-9-14-24/h5-22H,2H2,1,3-4H3/b28-5+. The van der Waals surface area contributed by atoms with Crippen LogP contribution in [0.2, 0.25) is 0 Å². The Morgan fingerprint density at radius 3 is 1.88 bits per heavy atom. The van der Waals surface area contributed by atoms with Gasteiger partial charge in [-0.25, -0.2) is 0 Å². The van der Waals surface area contributed by atoms with E-state index in [1.54, 1.807) is 0 Å². The first-order valence-corrected chi connectivity index (χ1v) is 11.5. The predicted octanol–water partition coefficient (Wildman–Crippen LogP) is 9.07. The molecule has 0 N–H and O–H groups in total. The maximum Gasteiger partial charge on any atom is 0.0543 e. The van der Waals surface area contributed by atoms with Gasteiger partial charge in [0, 0.05) is 22.4 Å². The van der Waals surface area contributed by atoms with Crippen LogP contribution in [0.1, 0.15) is 31.9 Å². The highest BCUT2D eigenvalue weighted by molar-refractivity contribution is 5.97. The van der Waals surface area contributed by atoms with Crippen molar-refractivity contribution in [3.8, 4) is 11.1 Å². The van der Waals surface area contributed by atoms with Gasteiger partial charge in [-0.1, -0.05) is 99.3 Å². The van der Waals surface area contributed by atoms with Gasteiger partial charge >= 0.3 is 0 Å². The highest BCUT2D eigenvalue weighted by Crippen LogP contribution is 2.53.